The van der Waals surface area contributed by atoms with Gasteiger partial charge in [0.2, 0.25) is 0 Å². The monoisotopic (exact) mass is 235 g/mol. The van der Waals surface area contributed by atoms with Gasteiger partial charge < -0.3 is 0 Å². The Morgan fingerprint density at radius 3 is 2.17 bits per heavy atom. The number of allylic oxidation sites excluding steroid dienone is 1. The third kappa shape index (κ3) is 3.70. The van der Waals surface area contributed by atoms with Gasteiger partial charge in [-0.3, -0.25) is 4.99 Å². The first-order chi connectivity index (χ1) is 8.86. The number of nitrogens with zero attached hydrogens (tertiary/aromatic N) is 1. The standard InChI is InChI=1S/C17H17N/c1-15(17-12-6-3-7-13-17)18-14-8-11-16-9-4-2-5-10-16/h2-15H,1H3/b11-8+,18-14+/t15-/m1/s1. The molecule has 0 spiro atoms. The number of benzene rings is 2. The molecule has 0 N–H and O–H groups in total. The van der Waals surface area contributed by atoms with Crippen molar-refractivity contribution in [1.29, 1.82) is 0 Å². The largest absolute Gasteiger partial charge is 0.285 e. The van der Waals surface area contributed by atoms with Crippen LogP contribution < -0.4 is 0 Å². The minimum Gasteiger partial charge on any atom is -0.285 e. The second-order valence-corrected chi connectivity index (χ2v) is 4.15. The Morgan fingerprint density at radius 2 is 1.50 bits per heavy atom. The lowest BCUT2D eigenvalue weighted by Gasteiger charge is -2.04. The van der Waals surface area contributed by atoms with E-state index in [-0.39, 0.29) is 6.04 Å². The zero-order valence-electron chi connectivity index (χ0n) is 10.5. The molecule has 0 aliphatic rings. The number of hydrogen-bond donors (Lipinski definition) is 0. The topological polar surface area (TPSA) is 12.4 Å². The summed E-state index contributed by atoms with van der Waals surface area (Å²) in [5, 5.41) is 0. The van der Waals surface area contributed by atoms with Crippen LogP contribution in [0.4, 0.5) is 0 Å². The summed E-state index contributed by atoms with van der Waals surface area (Å²) in [6.45, 7) is 2.10. The highest BCUT2D eigenvalue weighted by Crippen LogP contribution is 2.14. The van der Waals surface area contributed by atoms with Crippen LogP contribution in [0.3, 0.4) is 0 Å². The van der Waals surface area contributed by atoms with E-state index in [1.807, 2.05) is 48.7 Å². The molecule has 0 heterocycles. The lowest BCUT2D eigenvalue weighted by Crippen LogP contribution is -1.88. The van der Waals surface area contributed by atoms with Crippen LogP contribution in [0.5, 0.6) is 0 Å². The highest BCUT2D eigenvalue weighted by atomic mass is 14.7. The fourth-order valence-corrected chi connectivity index (χ4v) is 1.71. The molecule has 0 aliphatic heterocycles. The SMILES string of the molecule is C[C@@H](/N=C/C=C/c1ccccc1)c1ccccc1. The van der Waals surface area contributed by atoms with Gasteiger partial charge in [-0.1, -0.05) is 66.7 Å². The molecular formula is C17H17N. The summed E-state index contributed by atoms with van der Waals surface area (Å²) in [7, 11) is 0. The summed E-state index contributed by atoms with van der Waals surface area (Å²) < 4.78 is 0. The summed E-state index contributed by atoms with van der Waals surface area (Å²) in [5.41, 5.74) is 2.43. The van der Waals surface area contributed by atoms with Crippen molar-refractivity contribution < 1.29 is 0 Å². The highest BCUT2D eigenvalue weighted by molar-refractivity contribution is 5.78. The van der Waals surface area contributed by atoms with Crippen molar-refractivity contribution in [3.8, 4) is 0 Å². The molecule has 0 fully saturated rings. The zero-order valence-corrected chi connectivity index (χ0v) is 10.5. The van der Waals surface area contributed by atoms with Gasteiger partial charge in [0.05, 0.1) is 6.04 Å². The lowest BCUT2D eigenvalue weighted by molar-refractivity contribution is 0.826. The molecule has 1 atom stereocenters. The molecule has 1 heteroatoms. The predicted molar refractivity (Wildman–Crippen MR) is 78.8 cm³/mol. The van der Waals surface area contributed by atoms with Gasteiger partial charge in [-0.25, -0.2) is 0 Å². The first-order valence-electron chi connectivity index (χ1n) is 6.16. The zero-order chi connectivity index (χ0) is 12.6. The van der Waals surface area contributed by atoms with Crippen molar-refractivity contribution in [3.05, 3.63) is 77.9 Å². The van der Waals surface area contributed by atoms with E-state index in [4.69, 9.17) is 0 Å². The normalized spacial score (nSPS) is 13.2. The van der Waals surface area contributed by atoms with Crippen molar-refractivity contribution >= 4 is 12.3 Å². The van der Waals surface area contributed by atoms with Crippen LogP contribution in [0.2, 0.25) is 0 Å². The van der Waals surface area contributed by atoms with E-state index in [2.05, 4.69) is 42.3 Å². The quantitative estimate of drug-likeness (QED) is 0.690. The Balaban J connectivity index is 1.94. The third-order valence-electron chi connectivity index (χ3n) is 2.77. The summed E-state index contributed by atoms with van der Waals surface area (Å²) in [6, 6.07) is 20.7. The smallest absolute Gasteiger partial charge is 0.0720 e. The van der Waals surface area contributed by atoms with E-state index < -0.39 is 0 Å². The number of rotatable bonds is 4. The summed E-state index contributed by atoms with van der Waals surface area (Å²) in [5.74, 6) is 0. The Hall–Kier alpha value is -2.15. The molecule has 0 aliphatic carbocycles. The van der Waals surface area contributed by atoms with E-state index >= 15 is 0 Å². The maximum absolute atomic E-state index is 4.50. The minimum absolute atomic E-state index is 0.201. The fourth-order valence-electron chi connectivity index (χ4n) is 1.71. The molecule has 0 saturated carbocycles. The summed E-state index contributed by atoms with van der Waals surface area (Å²) in [6.07, 6.45) is 5.90. The predicted octanol–water partition coefficient (Wildman–Crippen LogP) is 4.53. The number of hydrogen-bond acceptors (Lipinski definition) is 1. The molecule has 0 bridgehead atoms. The Morgan fingerprint density at radius 1 is 0.889 bits per heavy atom. The fraction of sp³-hybridized carbons (Fsp3) is 0.118. The summed E-state index contributed by atoms with van der Waals surface area (Å²) in [4.78, 5) is 4.50. The lowest BCUT2D eigenvalue weighted by atomic mass is 10.1. The second-order valence-electron chi connectivity index (χ2n) is 4.15. The average Bonchev–Trinajstić information content (AvgIpc) is 2.45. The maximum Gasteiger partial charge on any atom is 0.0720 e. The second kappa shape index (κ2) is 6.55. The van der Waals surface area contributed by atoms with E-state index in [1.165, 1.54) is 11.1 Å². The molecule has 2 aromatic rings. The third-order valence-corrected chi connectivity index (χ3v) is 2.77. The Labute approximate surface area is 109 Å². The van der Waals surface area contributed by atoms with E-state index in [9.17, 15) is 0 Å². The molecule has 0 unspecified atom stereocenters. The maximum atomic E-state index is 4.50. The van der Waals surface area contributed by atoms with E-state index in [0.29, 0.717) is 0 Å². The molecular weight excluding hydrogens is 218 g/mol. The van der Waals surface area contributed by atoms with Gasteiger partial charge in [-0.05, 0) is 24.1 Å². The van der Waals surface area contributed by atoms with Gasteiger partial charge in [-0.15, -0.1) is 0 Å². The van der Waals surface area contributed by atoms with Gasteiger partial charge >= 0.3 is 0 Å². The molecule has 0 saturated heterocycles. The van der Waals surface area contributed by atoms with Gasteiger partial charge in [0.15, 0.2) is 0 Å². The van der Waals surface area contributed by atoms with Crippen LogP contribution in [0, 0.1) is 0 Å². The van der Waals surface area contributed by atoms with Gasteiger partial charge in [-0.2, -0.15) is 0 Å². The molecule has 1 nitrogen and oxygen atoms in total. The van der Waals surface area contributed by atoms with Gasteiger partial charge in [0.1, 0.15) is 0 Å². The van der Waals surface area contributed by atoms with Crippen LogP contribution in [0.1, 0.15) is 24.1 Å². The first kappa shape index (κ1) is 12.3. The first-order valence-corrected chi connectivity index (χ1v) is 6.16. The Bertz CT molecular complexity index is 512. The van der Waals surface area contributed by atoms with E-state index in [0.717, 1.165) is 0 Å². The van der Waals surface area contributed by atoms with Crippen molar-refractivity contribution in [2.45, 2.75) is 13.0 Å². The van der Waals surface area contributed by atoms with Crippen LogP contribution >= 0.6 is 0 Å². The minimum atomic E-state index is 0.201. The highest BCUT2D eigenvalue weighted by Gasteiger charge is 1.98. The van der Waals surface area contributed by atoms with Crippen molar-refractivity contribution in [1.82, 2.24) is 0 Å². The van der Waals surface area contributed by atoms with Crippen LogP contribution in [-0.4, -0.2) is 6.21 Å². The molecule has 0 amide bonds. The van der Waals surface area contributed by atoms with Crippen LogP contribution in [-0.2, 0) is 0 Å². The van der Waals surface area contributed by atoms with Gasteiger partial charge in [0.25, 0.3) is 0 Å². The van der Waals surface area contributed by atoms with Crippen LogP contribution in [0.25, 0.3) is 6.08 Å². The molecule has 2 aromatic carbocycles. The van der Waals surface area contributed by atoms with E-state index in [1.54, 1.807) is 0 Å². The average molecular weight is 235 g/mol. The summed E-state index contributed by atoms with van der Waals surface area (Å²) >= 11 is 0. The molecule has 90 valence electrons. The molecule has 0 radical (unpaired) electrons. The molecule has 0 aromatic heterocycles. The van der Waals surface area contributed by atoms with Crippen molar-refractivity contribution in [3.63, 3.8) is 0 Å². The molecule has 2 rings (SSSR count). The van der Waals surface area contributed by atoms with Crippen LogP contribution in [0.15, 0.2) is 71.7 Å². The van der Waals surface area contributed by atoms with Crippen molar-refractivity contribution in [2.24, 2.45) is 4.99 Å². The van der Waals surface area contributed by atoms with Gasteiger partial charge in [0, 0.05) is 6.21 Å². The van der Waals surface area contributed by atoms with Crippen molar-refractivity contribution in [2.75, 3.05) is 0 Å². The number of aliphatic imine (C=N–C) groups is 1. The molecule has 18 heavy (non-hydrogen) atoms. The Kier molecular flexibility index (Phi) is 4.48.